The molecule has 1 aromatic heterocycles. The molecule has 2 aromatic rings. The molecule has 2 saturated heterocycles. The lowest BCUT2D eigenvalue weighted by Crippen LogP contribution is -2.56. The third-order valence-electron chi connectivity index (χ3n) is 12.2. The Morgan fingerprint density at radius 2 is 1.85 bits per heavy atom. The molecule has 55 heavy (non-hydrogen) atoms. The van der Waals surface area contributed by atoms with Crippen LogP contribution in [-0.2, 0) is 24.4 Å². The Bertz CT molecular complexity index is 2000. The van der Waals surface area contributed by atoms with E-state index in [0.29, 0.717) is 80.1 Å². The van der Waals surface area contributed by atoms with Crippen molar-refractivity contribution >= 4 is 44.6 Å². The number of allylic oxidation sites excluding steroid dienone is 2. The van der Waals surface area contributed by atoms with Gasteiger partial charge in [0.15, 0.2) is 5.78 Å². The molecule has 4 amide bonds. The number of carbonyl (C=O) groups is 4. The van der Waals surface area contributed by atoms with E-state index in [2.05, 4.69) is 10.0 Å². The Kier molecular flexibility index (Phi) is 10.8. The molecule has 7 rings (SSSR count). The van der Waals surface area contributed by atoms with E-state index in [1.807, 2.05) is 38.1 Å². The standard InChI is InChI=1S/C40H53N5O9S/c1-5-53-34-21-33(28-14-15-32(52-4)25(2)35(28)42-34)54-27-20-30-31(46)23-40(37(48)43-55(50,51)39(3)16-17-39)22-26(40)12-9-7-6-8-10-13-29(36(47)45(30)24-27)41-38(49)44-18-11-19-44/h9,12,14-15,21,26-27,29-30H,5-8,10-11,13,16-20,22-24H2,1-4H3,(H,41,49)(H,43,48)/b12-9-/t26-,27+,29-,30-,40+/m0/s1. The number of ether oxygens (including phenoxy) is 3. The lowest BCUT2D eigenvalue weighted by Gasteiger charge is -2.34. The number of ketones is 1. The van der Waals surface area contributed by atoms with Crippen LogP contribution in [0.2, 0.25) is 0 Å². The lowest BCUT2D eigenvalue weighted by atomic mass is 9.91. The fourth-order valence-electron chi connectivity index (χ4n) is 8.12. The molecule has 14 nitrogen and oxygen atoms in total. The molecule has 0 radical (unpaired) electrons. The molecule has 2 aliphatic carbocycles. The summed E-state index contributed by atoms with van der Waals surface area (Å²) in [5.41, 5.74) is 0.172. The first-order valence-corrected chi connectivity index (χ1v) is 21.2. The number of pyridine rings is 1. The van der Waals surface area contributed by atoms with E-state index in [4.69, 9.17) is 19.2 Å². The number of fused-ring (bicyclic) bond motifs is 3. The Labute approximate surface area is 322 Å². The van der Waals surface area contributed by atoms with Gasteiger partial charge in [0.25, 0.3) is 0 Å². The van der Waals surface area contributed by atoms with Gasteiger partial charge in [-0.15, -0.1) is 0 Å². The fourth-order valence-corrected chi connectivity index (χ4v) is 9.46. The number of urea groups is 1. The van der Waals surface area contributed by atoms with Crippen molar-refractivity contribution in [3.05, 3.63) is 35.9 Å². The number of Topliss-reactive ketones (excluding diaryl/α,β-unsaturated/α-hetero) is 1. The molecule has 5 aliphatic rings. The molecule has 4 heterocycles. The Balaban J connectivity index is 1.21. The highest BCUT2D eigenvalue weighted by atomic mass is 32.2. The van der Waals surface area contributed by atoms with Crippen LogP contribution in [0, 0.1) is 18.3 Å². The molecular formula is C40H53N5O9S. The predicted octanol–water partition coefficient (Wildman–Crippen LogP) is 4.57. The maximum absolute atomic E-state index is 14.6. The minimum Gasteiger partial charge on any atom is -0.496 e. The summed E-state index contributed by atoms with van der Waals surface area (Å²) in [6, 6.07) is 3.25. The van der Waals surface area contributed by atoms with Crippen LogP contribution in [-0.4, -0.2) is 103 Å². The van der Waals surface area contributed by atoms with Gasteiger partial charge in [-0.2, -0.15) is 0 Å². The molecule has 3 aliphatic heterocycles. The molecule has 0 bridgehead atoms. The van der Waals surface area contributed by atoms with E-state index in [0.717, 1.165) is 31.2 Å². The number of sulfonamides is 1. The van der Waals surface area contributed by atoms with E-state index >= 15 is 0 Å². The van der Waals surface area contributed by atoms with Crippen molar-refractivity contribution < 1.29 is 41.8 Å². The number of amides is 4. The summed E-state index contributed by atoms with van der Waals surface area (Å²) in [5.74, 6) is -0.240. The molecular weight excluding hydrogens is 727 g/mol. The maximum atomic E-state index is 14.6. The topological polar surface area (TPSA) is 174 Å². The number of benzene rings is 1. The van der Waals surface area contributed by atoms with Crippen molar-refractivity contribution in [3.8, 4) is 17.4 Å². The van der Waals surface area contributed by atoms with Crippen LogP contribution in [0.3, 0.4) is 0 Å². The lowest BCUT2D eigenvalue weighted by molar-refractivity contribution is -0.140. The van der Waals surface area contributed by atoms with Crippen LogP contribution < -0.4 is 24.2 Å². The van der Waals surface area contributed by atoms with Gasteiger partial charge in [0.2, 0.25) is 27.7 Å². The molecule has 5 atom stereocenters. The van der Waals surface area contributed by atoms with Gasteiger partial charge < -0.3 is 29.3 Å². The number of methoxy groups -OCH3 is 1. The second-order valence-corrected chi connectivity index (χ2v) is 18.3. The number of hydrogen-bond acceptors (Lipinski definition) is 10. The van der Waals surface area contributed by atoms with Gasteiger partial charge in [-0.25, -0.2) is 18.2 Å². The van der Waals surface area contributed by atoms with Crippen LogP contribution in [0.4, 0.5) is 4.79 Å². The first kappa shape index (κ1) is 38.9. The zero-order chi connectivity index (χ0) is 39.1. The van der Waals surface area contributed by atoms with Gasteiger partial charge in [0.1, 0.15) is 23.6 Å². The minimum atomic E-state index is -3.94. The van der Waals surface area contributed by atoms with Gasteiger partial charge in [0, 0.05) is 42.9 Å². The van der Waals surface area contributed by atoms with Gasteiger partial charge >= 0.3 is 6.03 Å². The monoisotopic (exact) mass is 779 g/mol. The summed E-state index contributed by atoms with van der Waals surface area (Å²) in [5, 5.41) is 3.67. The summed E-state index contributed by atoms with van der Waals surface area (Å²) in [6.07, 6.45) is 8.86. The Morgan fingerprint density at radius 1 is 1.07 bits per heavy atom. The Morgan fingerprint density at radius 3 is 2.55 bits per heavy atom. The first-order chi connectivity index (χ1) is 26.3. The zero-order valence-corrected chi connectivity index (χ0v) is 33.0. The van der Waals surface area contributed by atoms with Crippen molar-refractivity contribution in [3.63, 3.8) is 0 Å². The van der Waals surface area contributed by atoms with Crippen LogP contribution in [0.5, 0.6) is 17.4 Å². The molecule has 4 fully saturated rings. The van der Waals surface area contributed by atoms with Crippen molar-refractivity contribution in [2.75, 3.05) is 33.4 Å². The van der Waals surface area contributed by atoms with Gasteiger partial charge in [-0.3, -0.25) is 19.1 Å². The zero-order valence-electron chi connectivity index (χ0n) is 32.2. The van der Waals surface area contributed by atoms with Crippen LogP contribution >= 0.6 is 0 Å². The quantitative estimate of drug-likeness (QED) is 0.344. The van der Waals surface area contributed by atoms with Crippen molar-refractivity contribution in [2.24, 2.45) is 11.3 Å². The summed E-state index contributed by atoms with van der Waals surface area (Å²) in [6.45, 7) is 7.05. The molecule has 1 aromatic carbocycles. The molecule has 15 heteroatoms. The van der Waals surface area contributed by atoms with E-state index in [1.165, 1.54) is 4.90 Å². The highest BCUT2D eigenvalue weighted by molar-refractivity contribution is 7.91. The highest BCUT2D eigenvalue weighted by Crippen LogP contribution is 2.57. The van der Waals surface area contributed by atoms with Crippen molar-refractivity contribution in [1.29, 1.82) is 0 Å². The summed E-state index contributed by atoms with van der Waals surface area (Å²) >= 11 is 0. The largest absolute Gasteiger partial charge is 0.496 e. The van der Waals surface area contributed by atoms with Gasteiger partial charge in [-0.05, 0) is 83.8 Å². The summed E-state index contributed by atoms with van der Waals surface area (Å²) < 4.78 is 45.8. The number of nitrogens with zero attached hydrogens (tertiary/aromatic N) is 3. The number of likely N-dealkylation sites (tertiary alicyclic amines) is 1. The number of rotatable bonds is 9. The van der Waals surface area contributed by atoms with Gasteiger partial charge in [0.05, 0.1) is 42.0 Å². The van der Waals surface area contributed by atoms with E-state index in [9.17, 15) is 27.6 Å². The SMILES string of the molecule is CCOc1cc(O[C@@H]2C[C@H]3C(=O)C[C@]4(C(=O)NS(=O)(=O)C5(C)CC5)C[C@@H]4/C=C\CCCCC[C@H](NC(=O)N4CCC4)C(=O)N3C2)c2ccc(OC)c(C)c2n1. The van der Waals surface area contributed by atoms with Crippen LogP contribution in [0.15, 0.2) is 30.4 Å². The molecule has 0 spiro atoms. The molecule has 2 saturated carbocycles. The number of aromatic nitrogens is 1. The van der Waals surface area contributed by atoms with Crippen LogP contribution in [0.1, 0.15) is 90.0 Å². The van der Waals surface area contributed by atoms with E-state index in [-0.39, 0.29) is 43.0 Å². The first-order valence-electron chi connectivity index (χ1n) is 19.7. The highest BCUT2D eigenvalue weighted by Gasteiger charge is 2.62. The van der Waals surface area contributed by atoms with Crippen LogP contribution in [0.25, 0.3) is 10.9 Å². The number of hydrogen-bond donors (Lipinski definition) is 2. The average Bonchev–Trinajstić information content (AvgIpc) is 4.00. The van der Waals surface area contributed by atoms with Gasteiger partial charge in [-0.1, -0.05) is 25.0 Å². The third kappa shape index (κ3) is 7.73. The summed E-state index contributed by atoms with van der Waals surface area (Å²) in [4.78, 5) is 64.2. The summed E-state index contributed by atoms with van der Waals surface area (Å²) in [7, 11) is -2.36. The average molecular weight is 780 g/mol. The second kappa shape index (κ2) is 15.3. The van der Waals surface area contributed by atoms with E-state index < -0.39 is 44.3 Å². The van der Waals surface area contributed by atoms with E-state index in [1.54, 1.807) is 25.0 Å². The van der Waals surface area contributed by atoms with Crippen molar-refractivity contribution in [2.45, 2.75) is 114 Å². The predicted molar refractivity (Wildman–Crippen MR) is 204 cm³/mol. The van der Waals surface area contributed by atoms with Crippen molar-refractivity contribution in [1.82, 2.24) is 24.8 Å². The fraction of sp³-hybridized carbons (Fsp3) is 0.625. The Hall–Kier alpha value is -4.40. The number of carbonyl (C=O) groups excluding carboxylic acids is 4. The maximum Gasteiger partial charge on any atom is 0.318 e. The second-order valence-electron chi connectivity index (χ2n) is 16.1. The molecule has 2 N–H and O–H groups in total. The number of nitrogens with one attached hydrogen (secondary N) is 2. The minimum absolute atomic E-state index is 0.0590. The smallest absolute Gasteiger partial charge is 0.318 e. The normalized spacial score (nSPS) is 28.4. The molecule has 0 unspecified atom stereocenters. The number of aryl methyl sites for hydroxylation is 1. The third-order valence-corrected chi connectivity index (χ3v) is 14.4. The molecule has 298 valence electrons.